The maximum absolute atomic E-state index is 12.7. The molecule has 9 heteroatoms. The molecule has 2 bridgehead atoms. The quantitative estimate of drug-likeness (QED) is 0.837. The van der Waals surface area contributed by atoms with Crippen LogP contribution in [0.5, 0.6) is 0 Å². The molecule has 0 aliphatic carbocycles. The summed E-state index contributed by atoms with van der Waals surface area (Å²) in [6.07, 6.45) is 7.49. The van der Waals surface area contributed by atoms with Crippen LogP contribution in [0.1, 0.15) is 44.5 Å². The lowest BCUT2D eigenvalue weighted by atomic mass is 9.89. The molecule has 23 heavy (non-hydrogen) atoms. The van der Waals surface area contributed by atoms with E-state index in [0.717, 1.165) is 17.4 Å². The number of alkyl halides is 2. The van der Waals surface area contributed by atoms with E-state index in [0.29, 0.717) is 24.4 Å². The third kappa shape index (κ3) is 5.02. The van der Waals surface area contributed by atoms with Gasteiger partial charge in [0.2, 0.25) is 5.91 Å². The van der Waals surface area contributed by atoms with E-state index in [1.807, 2.05) is 0 Å². The summed E-state index contributed by atoms with van der Waals surface area (Å²) in [5, 5.41) is 6.24. The number of nitrogens with one attached hydrogen (secondary N) is 2. The number of hydrogen-bond acceptors (Lipinski definition) is 3. The van der Waals surface area contributed by atoms with E-state index < -0.39 is 6.55 Å². The summed E-state index contributed by atoms with van der Waals surface area (Å²) >= 11 is 0. The molecule has 0 aromatic carbocycles. The van der Waals surface area contributed by atoms with Gasteiger partial charge in [-0.3, -0.25) is 9.36 Å². The Labute approximate surface area is 146 Å². The fraction of sp³-hybridized carbons (Fsp3) is 0.714. The predicted molar refractivity (Wildman–Crippen MR) is 87.1 cm³/mol. The van der Waals surface area contributed by atoms with E-state index in [4.69, 9.17) is 0 Å². The van der Waals surface area contributed by atoms with Crippen LogP contribution in [0.15, 0.2) is 12.4 Å². The zero-order valence-electron chi connectivity index (χ0n) is 12.6. The molecule has 1 aromatic heterocycles. The van der Waals surface area contributed by atoms with Crippen LogP contribution in [0.4, 0.5) is 8.78 Å². The van der Waals surface area contributed by atoms with Gasteiger partial charge in [-0.25, -0.2) is 4.98 Å². The molecule has 0 spiro atoms. The minimum absolute atomic E-state index is 0. The molecule has 2 aliphatic heterocycles. The summed E-state index contributed by atoms with van der Waals surface area (Å²) in [5.74, 6) is 0.507. The molecule has 2 aliphatic rings. The van der Waals surface area contributed by atoms with Gasteiger partial charge in [0.25, 0.3) is 0 Å². The van der Waals surface area contributed by atoms with E-state index in [2.05, 4.69) is 15.6 Å². The smallest absolute Gasteiger partial charge is 0.319 e. The van der Waals surface area contributed by atoms with Gasteiger partial charge in [0.05, 0.1) is 6.54 Å². The SMILES string of the molecule is Cl.Cl.O=C(CC1CC2CCC(C1)N2)NCc1nccn1C(F)F. The molecule has 2 fully saturated rings. The average molecular weight is 371 g/mol. The third-order valence-electron chi connectivity index (χ3n) is 4.45. The average Bonchev–Trinajstić information content (AvgIpc) is 3.03. The number of nitrogens with zero attached hydrogens (tertiary/aromatic N) is 2. The fourth-order valence-electron chi connectivity index (χ4n) is 3.51. The van der Waals surface area contributed by atoms with Gasteiger partial charge >= 0.3 is 6.55 Å². The van der Waals surface area contributed by atoms with Crippen molar-refractivity contribution in [3.8, 4) is 0 Å². The zero-order valence-corrected chi connectivity index (χ0v) is 14.2. The highest BCUT2D eigenvalue weighted by atomic mass is 35.5. The minimum Gasteiger partial charge on any atom is -0.349 e. The molecule has 3 heterocycles. The van der Waals surface area contributed by atoms with Crippen LogP contribution in [0.2, 0.25) is 0 Å². The van der Waals surface area contributed by atoms with E-state index >= 15 is 0 Å². The summed E-state index contributed by atoms with van der Waals surface area (Å²) in [6, 6.07) is 1.11. The summed E-state index contributed by atoms with van der Waals surface area (Å²) in [6.45, 7) is -2.58. The lowest BCUT2D eigenvalue weighted by Gasteiger charge is -2.28. The van der Waals surface area contributed by atoms with Crippen LogP contribution in [0.25, 0.3) is 0 Å². The number of piperidine rings is 1. The molecule has 2 saturated heterocycles. The second-order valence-electron chi connectivity index (χ2n) is 5.98. The van der Waals surface area contributed by atoms with E-state index in [1.165, 1.54) is 25.2 Å². The summed E-state index contributed by atoms with van der Waals surface area (Å²) in [4.78, 5) is 15.8. The zero-order chi connectivity index (χ0) is 14.8. The summed E-state index contributed by atoms with van der Waals surface area (Å²) in [7, 11) is 0. The van der Waals surface area contributed by atoms with Crippen LogP contribution in [-0.2, 0) is 11.3 Å². The Morgan fingerprint density at radius 3 is 2.61 bits per heavy atom. The molecule has 0 radical (unpaired) electrons. The number of hydrogen-bond donors (Lipinski definition) is 2. The van der Waals surface area contributed by atoms with Gasteiger partial charge in [0.1, 0.15) is 5.82 Å². The van der Waals surface area contributed by atoms with E-state index in [-0.39, 0.29) is 43.1 Å². The number of carbonyl (C=O) groups is 1. The van der Waals surface area contributed by atoms with Gasteiger partial charge in [-0.2, -0.15) is 8.78 Å². The van der Waals surface area contributed by atoms with Crippen molar-refractivity contribution in [1.82, 2.24) is 20.2 Å². The topological polar surface area (TPSA) is 59.0 Å². The monoisotopic (exact) mass is 370 g/mol. The molecular formula is C14H22Cl2F2N4O. The largest absolute Gasteiger partial charge is 0.349 e. The van der Waals surface area contributed by atoms with Gasteiger partial charge in [0, 0.05) is 30.9 Å². The van der Waals surface area contributed by atoms with Crippen molar-refractivity contribution in [3.05, 3.63) is 18.2 Å². The van der Waals surface area contributed by atoms with Crippen LogP contribution >= 0.6 is 24.8 Å². The Hall–Kier alpha value is -0.920. The molecule has 5 nitrogen and oxygen atoms in total. The van der Waals surface area contributed by atoms with Crippen LogP contribution in [0, 0.1) is 5.92 Å². The van der Waals surface area contributed by atoms with Gasteiger partial charge in [0.15, 0.2) is 0 Å². The number of rotatable bonds is 5. The van der Waals surface area contributed by atoms with Crippen molar-refractivity contribution < 1.29 is 13.6 Å². The molecule has 1 amide bonds. The number of aromatic nitrogens is 2. The van der Waals surface area contributed by atoms with Gasteiger partial charge in [-0.05, 0) is 31.6 Å². The van der Waals surface area contributed by atoms with Crippen molar-refractivity contribution in [1.29, 1.82) is 0 Å². The van der Waals surface area contributed by atoms with Crippen molar-refractivity contribution in [3.63, 3.8) is 0 Å². The Bertz CT molecular complexity index is 503. The third-order valence-corrected chi connectivity index (χ3v) is 4.45. The second kappa shape index (κ2) is 8.80. The molecule has 3 rings (SSSR count). The maximum atomic E-state index is 12.7. The Morgan fingerprint density at radius 1 is 1.35 bits per heavy atom. The van der Waals surface area contributed by atoms with Gasteiger partial charge in [-0.1, -0.05) is 0 Å². The first-order valence-electron chi connectivity index (χ1n) is 7.44. The predicted octanol–water partition coefficient (Wildman–Crippen LogP) is 2.66. The molecule has 2 atom stereocenters. The van der Waals surface area contributed by atoms with E-state index in [9.17, 15) is 13.6 Å². The summed E-state index contributed by atoms with van der Waals surface area (Å²) in [5.41, 5.74) is 0. The fourth-order valence-corrected chi connectivity index (χ4v) is 3.51. The number of halogens is 4. The Morgan fingerprint density at radius 2 is 2.00 bits per heavy atom. The maximum Gasteiger partial charge on any atom is 0.319 e. The summed E-state index contributed by atoms with van der Waals surface area (Å²) < 4.78 is 26.1. The molecule has 2 N–H and O–H groups in total. The van der Waals surface area contributed by atoms with Crippen molar-refractivity contribution >= 4 is 30.7 Å². The Kier molecular flexibility index (Phi) is 7.70. The number of amides is 1. The minimum atomic E-state index is -2.63. The highest BCUT2D eigenvalue weighted by Crippen LogP contribution is 2.32. The first-order chi connectivity index (χ1) is 10.1. The lowest BCUT2D eigenvalue weighted by molar-refractivity contribution is -0.122. The molecular weight excluding hydrogens is 349 g/mol. The number of imidazole rings is 1. The van der Waals surface area contributed by atoms with E-state index in [1.54, 1.807) is 0 Å². The van der Waals surface area contributed by atoms with Gasteiger partial charge < -0.3 is 10.6 Å². The van der Waals surface area contributed by atoms with Crippen LogP contribution in [-0.4, -0.2) is 27.5 Å². The van der Waals surface area contributed by atoms with Crippen molar-refractivity contribution in [2.75, 3.05) is 0 Å². The highest BCUT2D eigenvalue weighted by molar-refractivity contribution is 5.85. The van der Waals surface area contributed by atoms with Crippen LogP contribution in [0.3, 0.4) is 0 Å². The second-order valence-corrected chi connectivity index (χ2v) is 5.98. The van der Waals surface area contributed by atoms with Crippen LogP contribution < -0.4 is 10.6 Å². The van der Waals surface area contributed by atoms with Gasteiger partial charge in [-0.15, -0.1) is 24.8 Å². The Balaban J connectivity index is 0.00000132. The van der Waals surface area contributed by atoms with Crippen molar-refractivity contribution in [2.24, 2.45) is 5.92 Å². The van der Waals surface area contributed by atoms with Crippen molar-refractivity contribution in [2.45, 2.75) is 57.3 Å². The molecule has 2 unspecified atom stereocenters. The first-order valence-corrected chi connectivity index (χ1v) is 7.44. The molecule has 132 valence electrons. The normalized spacial score (nSPS) is 25.6. The highest BCUT2D eigenvalue weighted by Gasteiger charge is 2.34. The number of fused-ring (bicyclic) bond motifs is 2. The lowest BCUT2D eigenvalue weighted by Crippen LogP contribution is -2.39. The number of carbonyl (C=O) groups excluding carboxylic acids is 1. The standard InChI is InChI=1S/C14H20F2N4O.2ClH/c15-14(16)20-4-3-17-12(20)8-18-13(21)7-9-5-10-1-2-11(6-9)19-10;;/h3-4,9-11,14,19H,1-2,5-8H2,(H,18,21);2*1H. The first kappa shape index (κ1) is 20.1. The molecule has 1 aromatic rings. The molecule has 0 saturated carbocycles.